The predicted octanol–water partition coefficient (Wildman–Crippen LogP) is 1.91. The third kappa shape index (κ3) is 1.89. The van der Waals surface area contributed by atoms with Crippen LogP contribution in [0, 0.1) is 19.7 Å². The fourth-order valence-electron chi connectivity index (χ4n) is 3.45. The Morgan fingerprint density at radius 3 is 2.46 bits per heavy atom. The van der Waals surface area contributed by atoms with E-state index in [-0.39, 0.29) is 18.0 Å². The number of benzene rings is 1. The summed E-state index contributed by atoms with van der Waals surface area (Å²) in [6.07, 6.45) is 0. The third-order valence-electron chi connectivity index (χ3n) is 4.93. The first-order valence-electron chi connectivity index (χ1n) is 8.33. The van der Waals surface area contributed by atoms with Crippen LogP contribution in [0.3, 0.4) is 0 Å². The normalized spacial score (nSPS) is 11.7. The maximum absolute atomic E-state index is 14.4. The smallest absolute Gasteiger partial charge is 0.280 e. The van der Waals surface area contributed by atoms with E-state index in [0.717, 1.165) is 11.4 Å². The number of aromatic nitrogens is 5. The Bertz CT molecular complexity index is 1310. The first-order valence-corrected chi connectivity index (χ1v) is 8.33. The molecule has 134 valence electrons. The Labute approximate surface area is 147 Å². The van der Waals surface area contributed by atoms with Crippen LogP contribution in [0.5, 0.6) is 0 Å². The van der Waals surface area contributed by atoms with Gasteiger partial charge in [0.15, 0.2) is 11.2 Å². The second kappa shape index (κ2) is 5.42. The first kappa shape index (κ1) is 16.3. The van der Waals surface area contributed by atoms with Crippen molar-refractivity contribution in [2.24, 2.45) is 7.05 Å². The van der Waals surface area contributed by atoms with Gasteiger partial charge in [-0.15, -0.1) is 0 Å². The lowest BCUT2D eigenvalue weighted by Gasteiger charge is -2.07. The molecule has 0 aliphatic carbocycles. The average molecular weight is 355 g/mol. The Kier molecular flexibility index (Phi) is 3.40. The predicted molar refractivity (Wildman–Crippen MR) is 96.6 cm³/mol. The maximum atomic E-state index is 14.4. The Balaban J connectivity index is 2.28. The van der Waals surface area contributed by atoms with Gasteiger partial charge in [-0.2, -0.15) is 4.98 Å². The molecule has 0 bridgehead atoms. The highest BCUT2D eigenvalue weighted by Crippen LogP contribution is 2.25. The van der Waals surface area contributed by atoms with Crippen molar-refractivity contribution >= 4 is 16.9 Å². The van der Waals surface area contributed by atoms with Gasteiger partial charge in [-0.3, -0.25) is 22.9 Å². The van der Waals surface area contributed by atoms with Crippen molar-refractivity contribution in [3.05, 3.63) is 62.3 Å². The van der Waals surface area contributed by atoms with Gasteiger partial charge < -0.3 is 0 Å². The quantitative estimate of drug-likeness (QED) is 0.552. The Morgan fingerprint density at radius 1 is 1.12 bits per heavy atom. The molecule has 0 fully saturated rings. The highest BCUT2D eigenvalue weighted by Gasteiger charge is 2.23. The second-order valence-corrected chi connectivity index (χ2v) is 6.27. The number of aryl methyl sites for hydroxylation is 2. The summed E-state index contributed by atoms with van der Waals surface area (Å²) in [6.45, 7) is 5.71. The van der Waals surface area contributed by atoms with Crippen LogP contribution in [0.1, 0.15) is 18.3 Å². The molecule has 0 unspecified atom stereocenters. The van der Waals surface area contributed by atoms with E-state index in [2.05, 4.69) is 4.98 Å². The minimum absolute atomic E-state index is 0.265. The molecule has 0 radical (unpaired) electrons. The lowest BCUT2D eigenvalue weighted by molar-refractivity contribution is 0.618. The standard InChI is InChI=1S/C18H18FN5O2/c1-5-22-16(25)14-15(21(4)18(22)26)20-17-23(10(2)11(3)24(14)17)13-9-7-6-8-12(13)19/h6-9H,5H2,1-4H3. The molecule has 4 rings (SSSR count). The zero-order valence-corrected chi connectivity index (χ0v) is 14.9. The highest BCUT2D eigenvalue weighted by atomic mass is 19.1. The van der Waals surface area contributed by atoms with Gasteiger partial charge in [0.1, 0.15) is 5.82 Å². The number of imidazole rings is 2. The van der Waals surface area contributed by atoms with E-state index in [1.807, 2.05) is 13.8 Å². The second-order valence-electron chi connectivity index (χ2n) is 6.27. The van der Waals surface area contributed by atoms with Crippen LogP contribution < -0.4 is 11.2 Å². The number of nitrogens with zero attached hydrogens (tertiary/aromatic N) is 5. The van der Waals surface area contributed by atoms with Crippen LogP contribution in [0.25, 0.3) is 22.6 Å². The molecule has 3 heterocycles. The number of hydrogen-bond acceptors (Lipinski definition) is 3. The number of fused-ring (bicyclic) bond motifs is 3. The molecule has 0 amide bonds. The molecule has 4 aromatic rings. The summed E-state index contributed by atoms with van der Waals surface area (Å²) < 4.78 is 20.3. The van der Waals surface area contributed by atoms with Gasteiger partial charge in [0.05, 0.1) is 5.69 Å². The lowest BCUT2D eigenvalue weighted by atomic mass is 10.3. The van der Waals surface area contributed by atoms with Crippen LogP contribution in [-0.2, 0) is 13.6 Å². The number of hydrogen-bond donors (Lipinski definition) is 0. The van der Waals surface area contributed by atoms with Gasteiger partial charge in [0.2, 0.25) is 5.78 Å². The molecule has 0 saturated heterocycles. The van der Waals surface area contributed by atoms with Gasteiger partial charge in [0, 0.05) is 25.0 Å². The summed E-state index contributed by atoms with van der Waals surface area (Å²) in [4.78, 5) is 29.8. The topological polar surface area (TPSA) is 66.2 Å². The van der Waals surface area contributed by atoms with Crippen molar-refractivity contribution in [2.75, 3.05) is 0 Å². The largest absolute Gasteiger partial charge is 0.332 e. The Morgan fingerprint density at radius 2 is 1.81 bits per heavy atom. The summed E-state index contributed by atoms with van der Waals surface area (Å²) in [5.41, 5.74) is 1.68. The Hall–Kier alpha value is -3.16. The molecule has 0 aliphatic rings. The number of halogens is 1. The zero-order valence-electron chi connectivity index (χ0n) is 14.9. The molecule has 0 aliphatic heterocycles. The van der Waals surface area contributed by atoms with Crippen LogP contribution in [0.2, 0.25) is 0 Å². The van der Waals surface area contributed by atoms with Crippen LogP contribution in [0.4, 0.5) is 4.39 Å². The van der Waals surface area contributed by atoms with E-state index in [9.17, 15) is 14.0 Å². The van der Waals surface area contributed by atoms with Gasteiger partial charge in [0.25, 0.3) is 5.56 Å². The van der Waals surface area contributed by atoms with Crippen LogP contribution in [0.15, 0.2) is 33.9 Å². The molecule has 1 aromatic carbocycles. The molecule has 0 spiro atoms. The maximum Gasteiger partial charge on any atom is 0.332 e. The zero-order chi connectivity index (χ0) is 18.7. The van der Waals surface area contributed by atoms with Crippen molar-refractivity contribution in [3.63, 3.8) is 0 Å². The molecule has 7 nitrogen and oxygen atoms in total. The average Bonchev–Trinajstić information content (AvgIpc) is 3.11. The van der Waals surface area contributed by atoms with E-state index < -0.39 is 11.2 Å². The van der Waals surface area contributed by atoms with Crippen molar-refractivity contribution in [3.8, 4) is 5.69 Å². The number of rotatable bonds is 2. The van der Waals surface area contributed by atoms with Crippen molar-refractivity contribution < 1.29 is 4.39 Å². The SMILES string of the molecule is CCn1c(=O)c2c(nc3n(-c4ccccc4F)c(C)c(C)n23)n(C)c1=O. The molecule has 3 aromatic heterocycles. The van der Waals surface area contributed by atoms with Gasteiger partial charge in [-0.25, -0.2) is 9.18 Å². The van der Waals surface area contributed by atoms with Gasteiger partial charge in [-0.1, -0.05) is 12.1 Å². The van der Waals surface area contributed by atoms with Crippen LogP contribution in [-0.4, -0.2) is 23.1 Å². The van der Waals surface area contributed by atoms with E-state index in [0.29, 0.717) is 17.0 Å². The molecule has 26 heavy (non-hydrogen) atoms. The van der Waals surface area contributed by atoms with E-state index in [1.165, 1.54) is 15.2 Å². The number of para-hydroxylation sites is 1. The van der Waals surface area contributed by atoms with E-state index >= 15 is 0 Å². The summed E-state index contributed by atoms with van der Waals surface area (Å²) in [6, 6.07) is 6.40. The monoisotopic (exact) mass is 355 g/mol. The van der Waals surface area contributed by atoms with E-state index in [1.54, 1.807) is 41.1 Å². The molecule has 0 atom stereocenters. The third-order valence-corrected chi connectivity index (χ3v) is 4.93. The van der Waals surface area contributed by atoms with Crippen molar-refractivity contribution in [2.45, 2.75) is 27.3 Å². The lowest BCUT2D eigenvalue weighted by Crippen LogP contribution is -2.38. The summed E-state index contributed by atoms with van der Waals surface area (Å²) in [5.74, 6) is 0.0149. The highest BCUT2D eigenvalue weighted by molar-refractivity contribution is 5.77. The minimum Gasteiger partial charge on any atom is -0.280 e. The molecule has 0 saturated carbocycles. The van der Waals surface area contributed by atoms with Gasteiger partial charge in [-0.05, 0) is 32.9 Å². The first-order chi connectivity index (χ1) is 12.4. The molecular formula is C18H18FN5O2. The summed E-state index contributed by atoms with van der Waals surface area (Å²) in [7, 11) is 1.58. The summed E-state index contributed by atoms with van der Waals surface area (Å²) >= 11 is 0. The van der Waals surface area contributed by atoms with Crippen LogP contribution >= 0.6 is 0 Å². The fraction of sp³-hybridized carbons (Fsp3) is 0.278. The van der Waals surface area contributed by atoms with Crippen molar-refractivity contribution in [1.29, 1.82) is 0 Å². The van der Waals surface area contributed by atoms with E-state index in [4.69, 9.17) is 0 Å². The van der Waals surface area contributed by atoms with Gasteiger partial charge >= 0.3 is 5.69 Å². The van der Waals surface area contributed by atoms with Crippen molar-refractivity contribution in [1.82, 2.24) is 23.1 Å². The fourth-order valence-corrected chi connectivity index (χ4v) is 3.45. The molecular weight excluding hydrogens is 337 g/mol. The molecule has 0 N–H and O–H groups in total. The minimum atomic E-state index is -0.419. The molecule has 8 heteroatoms. The summed E-state index contributed by atoms with van der Waals surface area (Å²) in [5, 5.41) is 0.